The molecule has 2 aliphatic rings. The minimum Gasteiger partial charge on any atom is -0.496 e. The van der Waals surface area contributed by atoms with Gasteiger partial charge in [0, 0.05) is 19.1 Å². The van der Waals surface area contributed by atoms with Gasteiger partial charge in [-0.05, 0) is 37.0 Å². The number of nitrogens with zero attached hydrogens (tertiary/aromatic N) is 1. The molecule has 2 atom stereocenters. The first-order valence-corrected chi connectivity index (χ1v) is 7.45. The molecule has 0 spiro atoms. The summed E-state index contributed by atoms with van der Waals surface area (Å²) in [5.74, 6) is -0.540. The van der Waals surface area contributed by atoms with Crippen molar-refractivity contribution in [2.45, 2.75) is 38.0 Å². The lowest BCUT2D eigenvalue weighted by atomic mass is 10.1. The minimum atomic E-state index is -0.950. The average Bonchev–Trinajstić information content (AvgIpc) is 2.96. The molecule has 1 saturated carbocycles. The zero-order chi connectivity index (χ0) is 14.8. The SMILES string of the molecule is COc1ccc(CN2CCOC3CCCC32)cc1C(=O)O. The smallest absolute Gasteiger partial charge is 0.339 e. The second-order valence-electron chi connectivity index (χ2n) is 5.72. The maximum atomic E-state index is 11.3. The number of carboxylic acids is 1. The highest BCUT2D eigenvalue weighted by Gasteiger charge is 2.35. The molecule has 1 N–H and O–H groups in total. The van der Waals surface area contributed by atoms with E-state index in [0.717, 1.165) is 31.7 Å². The highest BCUT2D eigenvalue weighted by atomic mass is 16.5. The molecule has 2 unspecified atom stereocenters. The number of rotatable bonds is 4. The van der Waals surface area contributed by atoms with Crippen LogP contribution in [0, 0.1) is 0 Å². The molecule has 0 aromatic heterocycles. The Morgan fingerprint density at radius 2 is 2.33 bits per heavy atom. The van der Waals surface area contributed by atoms with E-state index in [2.05, 4.69) is 4.90 Å². The van der Waals surface area contributed by atoms with Crippen LogP contribution in [0.15, 0.2) is 18.2 Å². The van der Waals surface area contributed by atoms with Crippen molar-refractivity contribution in [3.05, 3.63) is 29.3 Å². The summed E-state index contributed by atoms with van der Waals surface area (Å²) in [6, 6.07) is 5.89. The average molecular weight is 291 g/mol. The van der Waals surface area contributed by atoms with Crippen LogP contribution >= 0.6 is 0 Å². The van der Waals surface area contributed by atoms with Gasteiger partial charge in [0.15, 0.2) is 0 Å². The highest BCUT2D eigenvalue weighted by molar-refractivity contribution is 5.91. The molecule has 5 nitrogen and oxygen atoms in total. The first-order chi connectivity index (χ1) is 10.2. The molecular formula is C16H21NO4. The molecule has 1 aromatic carbocycles. The molecule has 5 heteroatoms. The van der Waals surface area contributed by atoms with E-state index in [9.17, 15) is 9.90 Å². The molecule has 1 aliphatic heterocycles. The second kappa shape index (κ2) is 6.03. The van der Waals surface area contributed by atoms with Crippen molar-refractivity contribution in [1.82, 2.24) is 4.90 Å². The van der Waals surface area contributed by atoms with E-state index in [1.807, 2.05) is 6.07 Å². The highest BCUT2D eigenvalue weighted by Crippen LogP contribution is 2.31. The van der Waals surface area contributed by atoms with Gasteiger partial charge in [0.05, 0.1) is 19.8 Å². The Morgan fingerprint density at radius 3 is 3.10 bits per heavy atom. The standard InChI is InChI=1S/C16H21NO4/c1-20-14-6-5-11(9-12(14)16(18)19)10-17-7-8-21-15-4-2-3-13(15)17/h5-6,9,13,15H,2-4,7-8,10H2,1H3,(H,18,19). The first kappa shape index (κ1) is 14.4. The van der Waals surface area contributed by atoms with Gasteiger partial charge in [0.25, 0.3) is 0 Å². The van der Waals surface area contributed by atoms with E-state index in [4.69, 9.17) is 9.47 Å². The zero-order valence-corrected chi connectivity index (χ0v) is 12.2. The van der Waals surface area contributed by atoms with Crippen molar-refractivity contribution >= 4 is 5.97 Å². The number of carbonyl (C=O) groups is 1. The van der Waals surface area contributed by atoms with E-state index in [1.54, 1.807) is 12.1 Å². The summed E-state index contributed by atoms with van der Waals surface area (Å²) in [5, 5.41) is 9.26. The lowest BCUT2D eigenvalue weighted by molar-refractivity contribution is -0.0588. The van der Waals surface area contributed by atoms with E-state index in [-0.39, 0.29) is 5.56 Å². The maximum absolute atomic E-state index is 11.3. The largest absolute Gasteiger partial charge is 0.496 e. The summed E-state index contributed by atoms with van der Waals surface area (Å²) < 4.78 is 10.9. The molecule has 1 heterocycles. The van der Waals surface area contributed by atoms with Crippen LogP contribution in [0.5, 0.6) is 5.75 Å². The van der Waals surface area contributed by atoms with Crippen molar-refractivity contribution < 1.29 is 19.4 Å². The number of benzene rings is 1. The van der Waals surface area contributed by atoms with E-state index < -0.39 is 5.97 Å². The molecule has 21 heavy (non-hydrogen) atoms. The summed E-state index contributed by atoms with van der Waals surface area (Å²) in [6.45, 7) is 2.45. The molecule has 1 aliphatic carbocycles. The number of carboxylic acid groups (broad SMARTS) is 1. The molecule has 0 bridgehead atoms. The van der Waals surface area contributed by atoms with Crippen LogP contribution in [0.1, 0.15) is 35.2 Å². The van der Waals surface area contributed by atoms with Gasteiger partial charge >= 0.3 is 5.97 Å². The molecule has 1 saturated heterocycles. The van der Waals surface area contributed by atoms with E-state index in [0.29, 0.717) is 17.9 Å². The maximum Gasteiger partial charge on any atom is 0.339 e. The van der Waals surface area contributed by atoms with Crippen LogP contribution in [0.25, 0.3) is 0 Å². The van der Waals surface area contributed by atoms with Crippen LogP contribution in [0.2, 0.25) is 0 Å². The second-order valence-corrected chi connectivity index (χ2v) is 5.72. The fourth-order valence-corrected chi connectivity index (χ4v) is 3.46. The molecule has 114 valence electrons. The minimum absolute atomic E-state index is 0.228. The van der Waals surface area contributed by atoms with Crippen LogP contribution < -0.4 is 4.74 Å². The van der Waals surface area contributed by atoms with Gasteiger partial charge in [-0.15, -0.1) is 0 Å². The zero-order valence-electron chi connectivity index (χ0n) is 12.2. The normalized spacial score (nSPS) is 25.6. The Hall–Kier alpha value is -1.59. The third-order valence-electron chi connectivity index (χ3n) is 4.48. The Kier molecular flexibility index (Phi) is 4.12. The molecule has 0 amide bonds. The van der Waals surface area contributed by atoms with Crippen LogP contribution in [0.4, 0.5) is 0 Å². The summed E-state index contributed by atoms with van der Waals surface area (Å²) in [7, 11) is 1.49. The summed E-state index contributed by atoms with van der Waals surface area (Å²) in [4.78, 5) is 13.7. The quantitative estimate of drug-likeness (QED) is 0.921. The number of hydrogen-bond acceptors (Lipinski definition) is 4. The van der Waals surface area contributed by atoms with E-state index >= 15 is 0 Å². The number of morpholine rings is 1. The third kappa shape index (κ3) is 2.89. The van der Waals surface area contributed by atoms with Crippen LogP contribution in [0.3, 0.4) is 0 Å². The van der Waals surface area contributed by atoms with Crippen molar-refractivity contribution in [3.63, 3.8) is 0 Å². The monoisotopic (exact) mass is 291 g/mol. The van der Waals surface area contributed by atoms with E-state index in [1.165, 1.54) is 20.0 Å². The molecular weight excluding hydrogens is 270 g/mol. The van der Waals surface area contributed by atoms with Gasteiger partial charge in [-0.3, -0.25) is 4.90 Å². The van der Waals surface area contributed by atoms with Crippen molar-refractivity contribution in [2.24, 2.45) is 0 Å². The lowest BCUT2D eigenvalue weighted by Crippen LogP contribution is -2.47. The van der Waals surface area contributed by atoms with Crippen LogP contribution in [-0.2, 0) is 11.3 Å². The van der Waals surface area contributed by atoms with Crippen LogP contribution in [-0.4, -0.2) is 48.4 Å². The lowest BCUT2D eigenvalue weighted by Gasteiger charge is -2.37. The fraction of sp³-hybridized carbons (Fsp3) is 0.562. The van der Waals surface area contributed by atoms with Gasteiger partial charge < -0.3 is 14.6 Å². The molecule has 0 radical (unpaired) electrons. The third-order valence-corrected chi connectivity index (χ3v) is 4.48. The van der Waals surface area contributed by atoms with Gasteiger partial charge in [0.2, 0.25) is 0 Å². The number of hydrogen-bond donors (Lipinski definition) is 1. The molecule has 3 rings (SSSR count). The van der Waals surface area contributed by atoms with Gasteiger partial charge in [0.1, 0.15) is 11.3 Å². The molecule has 1 aromatic rings. The van der Waals surface area contributed by atoms with Crippen molar-refractivity contribution in [2.75, 3.05) is 20.3 Å². The topological polar surface area (TPSA) is 59.0 Å². The number of aromatic carboxylic acids is 1. The molecule has 2 fully saturated rings. The van der Waals surface area contributed by atoms with Crippen molar-refractivity contribution in [1.29, 1.82) is 0 Å². The summed E-state index contributed by atoms with van der Waals surface area (Å²) >= 11 is 0. The fourth-order valence-electron chi connectivity index (χ4n) is 3.46. The van der Waals surface area contributed by atoms with Gasteiger partial charge in [-0.1, -0.05) is 6.07 Å². The summed E-state index contributed by atoms with van der Waals surface area (Å²) in [6.07, 6.45) is 3.89. The van der Waals surface area contributed by atoms with Gasteiger partial charge in [-0.2, -0.15) is 0 Å². The Morgan fingerprint density at radius 1 is 1.48 bits per heavy atom. The van der Waals surface area contributed by atoms with Gasteiger partial charge in [-0.25, -0.2) is 4.79 Å². The summed E-state index contributed by atoms with van der Waals surface area (Å²) in [5.41, 5.74) is 1.24. The Balaban J connectivity index is 1.78. The predicted octanol–water partition coefficient (Wildman–Crippen LogP) is 2.15. The number of ether oxygens (including phenoxy) is 2. The predicted molar refractivity (Wildman–Crippen MR) is 77.7 cm³/mol. The van der Waals surface area contributed by atoms with Crippen molar-refractivity contribution in [3.8, 4) is 5.75 Å². The Labute approximate surface area is 124 Å². The number of methoxy groups -OCH3 is 1. The first-order valence-electron chi connectivity index (χ1n) is 7.45. The Bertz CT molecular complexity index is 531. The number of fused-ring (bicyclic) bond motifs is 1.